The van der Waals surface area contributed by atoms with Gasteiger partial charge in [-0.15, -0.1) is 0 Å². The van der Waals surface area contributed by atoms with Gasteiger partial charge in [0.05, 0.1) is 16.3 Å². The number of allylic oxidation sites excluding steroid dienone is 1. The summed E-state index contributed by atoms with van der Waals surface area (Å²) in [5.74, 6) is -1.50. The molecule has 0 aliphatic carbocycles. The fraction of sp³-hybridized carbons (Fsp3) is 0.278. The maximum atomic E-state index is 12.3. The lowest BCUT2D eigenvalue weighted by Gasteiger charge is -2.10. The van der Waals surface area contributed by atoms with Gasteiger partial charge >= 0.3 is 5.97 Å². The van der Waals surface area contributed by atoms with Crippen molar-refractivity contribution in [2.24, 2.45) is 0 Å². The van der Waals surface area contributed by atoms with Gasteiger partial charge in [-0.2, -0.15) is 5.10 Å². The zero-order chi connectivity index (χ0) is 20.3. The summed E-state index contributed by atoms with van der Waals surface area (Å²) in [6, 6.07) is 4.97. The van der Waals surface area contributed by atoms with Crippen molar-refractivity contribution in [3.8, 4) is 5.82 Å². The third-order valence-electron chi connectivity index (χ3n) is 3.61. The summed E-state index contributed by atoms with van der Waals surface area (Å²) in [6.45, 7) is 5.67. The Balaban J connectivity index is 2.28. The number of hydrogen-bond acceptors (Lipinski definition) is 7. The van der Waals surface area contributed by atoms with Crippen molar-refractivity contribution >= 4 is 29.1 Å². The Labute approximate surface area is 160 Å². The van der Waals surface area contributed by atoms with E-state index in [-0.39, 0.29) is 22.0 Å². The molecule has 8 nitrogen and oxygen atoms in total. The molecule has 0 fully saturated rings. The van der Waals surface area contributed by atoms with Gasteiger partial charge in [0.1, 0.15) is 12.4 Å². The van der Waals surface area contributed by atoms with Crippen LogP contribution in [-0.2, 0) is 9.53 Å². The summed E-state index contributed by atoms with van der Waals surface area (Å²) in [6.07, 6.45) is 0. The number of aliphatic hydroxyl groups excluding tert-OH is 1. The first-order valence-electron chi connectivity index (χ1n) is 7.97. The Morgan fingerprint density at radius 3 is 2.48 bits per heavy atom. The van der Waals surface area contributed by atoms with Gasteiger partial charge in [-0.25, -0.2) is 14.5 Å². The van der Waals surface area contributed by atoms with E-state index in [1.807, 2.05) is 19.9 Å². The van der Waals surface area contributed by atoms with Crippen LogP contribution in [0.1, 0.15) is 35.7 Å². The van der Waals surface area contributed by atoms with Gasteiger partial charge in [0.15, 0.2) is 17.3 Å². The predicted octanol–water partition coefficient (Wildman–Crippen LogP) is 3.14. The van der Waals surface area contributed by atoms with E-state index in [9.17, 15) is 14.7 Å². The number of ether oxygens (including phenoxy) is 1. The maximum Gasteiger partial charge on any atom is 0.359 e. The fourth-order valence-electron chi connectivity index (χ4n) is 2.51. The highest BCUT2D eigenvalue weighted by atomic mass is 35.5. The lowest BCUT2D eigenvalue weighted by molar-refractivity contribution is -0.113. The summed E-state index contributed by atoms with van der Waals surface area (Å²) in [7, 11) is 0. The van der Waals surface area contributed by atoms with Crippen LogP contribution >= 0.6 is 11.6 Å². The largest absolute Gasteiger partial charge is 0.508 e. The van der Waals surface area contributed by atoms with E-state index >= 15 is 0 Å². The zero-order valence-electron chi connectivity index (χ0n) is 15.3. The van der Waals surface area contributed by atoms with Crippen LogP contribution in [0.2, 0.25) is 5.02 Å². The number of aliphatic hydroxyl groups is 1. The molecule has 0 atom stereocenters. The van der Waals surface area contributed by atoms with Crippen molar-refractivity contribution in [1.82, 2.24) is 14.8 Å². The first kappa shape index (κ1) is 20.3. The van der Waals surface area contributed by atoms with Gasteiger partial charge in [0, 0.05) is 11.4 Å². The van der Waals surface area contributed by atoms with Crippen LogP contribution in [0.15, 0.2) is 29.5 Å². The third kappa shape index (κ3) is 4.59. The Morgan fingerprint density at radius 1 is 1.30 bits per heavy atom. The SMILES string of the molecule is CC(=N)/C(C(C)=O)=C(/O)COC(=O)c1nc(-n2nc(C)cc2C)ccc1Cl. The summed E-state index contributed by atoms with van der Waals surface area (Å²) in [5.41, 5.74) is 1.15. The molecule has 0 unspecified atom stereocenters. The molecule has 0 saturated carbocycles. The van der Waals surface area contributed by atoms with Crippen LogP contribution in [0.5, 0.6) is 0 Å². The second-order valence-corrected chi connectivity index (χ2v) is 6.32. The molecular formula is C18H19ClN4O4. The number of Topliss-reactive ketones (excluding diaryl/α,β-unsaturated/α-hetero) is 1. The quantitative estimate of drug-likeness (QED) is 0.338. The van der Waals surface area contributed by atoms with E-state index in [4.69, 9.17) is 21.7 Å². The number of esters is 1. The van der Waals surface area contributed by atoms with E-state index in [1.165, 1.54) is 19.9 Å². The summed E-state index contributed by atoms with van der Waals surface area (Å²) in [5, 5.41) is 21.8. The lowest BCUT2D eigenvalue weighted by Crippen LogP contribution is -2.16. The number of rotatable bonds is 6. The highest BCUT2D eigenvalue weighted by Gasteiger charge is 2.19. The monoisotopic (exact) mass is 390 g/mol. The number of nitrogens with one attached hydrogen (secondary N) is 1. The minimum atomic E-state index is -0.875. The zero-order valence-corrected chi connectivity index (χ0v) is 16.1. The average Bonchev–Trinajstić information content (AvgIpc) is 2.90. The van der Waals surface area contributed by atoms with E-state index in [2.05, 4.69) is 10.1 Å². The van der Waals surface area contributed by atoms with Gasteiger partial charge in [0.25, 0.3) is 0 Å². The van der Waals surface area contributed by atoms with Crippen molar-refractivity contribution in [1.29, 1.82) is 5.41 Å². The van der Waals surface area contributed by atoms with E-state index in [1.54, 1.807) is 10.7 Å². The van der Waals surface area contributed by atoms with Crippen LogP contribution in [0.3, 0.4) is 0 Å². The van der Waals surface area contributed by atoms with E-state index in [0.29, 0.717) is 5.82 Å². The molecule has 2 aromatic rings. The van der Waals surface area contributed by atoms with Gasteiger partial charge in [0.2, 0.25) is 0 Å². The second kappa shape index (κ2) is 8.13. The lowest BCUT2D eigenvalue weighted by atomic mass is 10.1. The topological polar surface area (TPSA) is 118 Å². The van der Waals surface area contributed by atoms with Gasteiger partial charge in [-0.1, -0.05) is 11.6 Å². The fourth-order valence-corrected chi connectivity index (χ4v) is 2.69. The molecule has 0 aliphatic rings. The van der Waals surface area contributed by atoms with Gasteiger partial charge in [-0.05, 0) is 45.9 Å². The molecular weight excluding hydrogens is 372 g/mol. The summed E-state index contributed by atoms with van der Waals surface area (Å²) in [4.78, 5) is 28.0. The highest BCUT2D eigenvalue weighted by molar-refractivity contribution is 6.33. The van der Waals surface area contributed by atoms with E-state index in [0.717, 1.165) is 11.4 Å². The molecule has 0 amide bonds. The Bertz CT molecular complexity index is 946. The molecule has 0 radical (unpaired) electrons. The molecule has 142 valence electrons. The van der Waals surface area contributed by atoms with E-state index < -0.39 is 24.1 Å². The Kier molecular flexibility index (Phi) is 6.12. The van der Waals surface area contributed by atoms with Crippen molar-refractivity contribution in [2.45, 2.75) is 27.7 Å². The van der Waals surface area contributed by atoms with Gasteiger partial charge in [-0.3, -0.25) is 4.79 Å². The Hall–Kier alpha value is -3.00. The molecule has 0 spiro atoms. The Morgan fingerprint density at radius 2 is 1.96 bits per heavy atom. The second-order valence-electron chi connectivity index (χ2n) is 5.92. The minimum Gasteiger partial charge on any atom is -0.508 e. The average molecular weight is 391 g/mol. The highest BCUT2D eigenvalue weighted by Crippen LogP contribution is 2.19. The number of carbonyl (C=O) groups is 2. The van der Waals surface area contributed by atoms with Crippen LogP contribution < -0.4 is 0 Å². The first-order chi connectivity index (χ1) is 12.6. The summed E-state index contributed by atoms with van der Waals surface area (Å²) >= 11 is 6.05. The number of nitrogens with zero attached hydrogens (tertiary/aromatic N) is 3. The molecule has 2 N–H and O–H groups in total. The third-order valence-corrected chi connectivity index (χ3v) is 3.91. The molecule has 0 saturated heterocycles. The van der Waals surface area contributed by atoms with Crippen molar-refractivity contribution < 1.29 is 19.4 Å². The first-order valence-corrected chi connectivity index (χ1v) is 8.35. The van der Waals surface area contributed by atoms with Crippen LogP contribution in [0, 0.1) is 19.3 Å². The van der Waals surface area contributed by atoms with Gasteiger partial charge < -0.3 is 15.3 Å². The predicted molar refractivity (Wildman–Crippen MR) is 99.9 cm³/mol. The van der Waals surface area contributed by atoms with Crippen LogP contribution in [0.4, 0.5) is 0 Å². The molecule has 2 heterocycles. The molecule has 27 heavy (non-hydrogen) atoms. The molecule has 9 heteroatoms. The normalized spacial score (nSPS) is 11.7. The molecule has 0 aromatic carbocycles. The van der Waals surface area contributed by atoms with Crippen molar-refractivity contribution in [3.63, 3.8) is 0 Å². The van der Waals surface area contributed by atoms with Crippen molar-refractivity contribution in [3.05, 3.63) is 51.6 Å². The molecule has 2 rings (SSSR count). The number of pyridine rings is 1. The number of ketones is 1. The number of aromatic nitrogens is 3. The molecule has 2 aromatic heterocycles. The summed E-state index contributed by atoms with van der Waals surface area (Å²) < 4.78 is 6.57. The van der Waals surface area contributed by atoms with Crippen LogP contribution in [-0.4, -0.2) is 43.9 Å². The minimum absolute atomic E-state index is 0.0729. The molecule has 0 bridgehead atoms. The number of halogens is 1. The number of hydrogen-bond donors (Lipinski definition) is 2. The smallest absolute Gasteiger partial charge is 0.359 e. The van der Waals surface area contributed by atoms with Crippen LogP contribution in [0.25, 0.3) is 5.82 Å². The number of carbonyl (C=O) groups excluding carboxylic acids is 2. The maximum absolute atomic E-state index is 12.3. The number of aryl methyl sites for hydroxylation is 2. The van der Waals surface area contributed by atoms with Crippen molar-refractivity contribution in [2.75, 3.05) is 6.61 Å². The standard InChI is InChI=1S/C18H19ClN4O4/c1-9-7-10(2)23(22-9)15-6-5-13(19)17(21-15)18(26)27-8-14(25)16(11(3)20)12(4)24/h5-7,20,25H,8H2,1-4H3/b16-14-,20-11?. The molecule has 0 aliphatic heterocycles.